The normalized spacial score (nSPS) is 13.3. The Morgan fingerprint density at radius 3 is 2.03 bits per heavy atom. The molecule has 0 aromatic heterocycles. The molecule has 5 nitrogen and oxygen atoms in total. The molecule has 6 heteroatoms. The van der Waals surface area contributed by atoms with Gasteiger partial charge in [0, 0.05) is 6.54 Å². The lowest BCUT2D eigenvalue weighted by atomic mass is 9.95. The highest BCUT2D eigenvalue weighted by Gasteiger charge is 2.35. The Hall–Kier alpha value is -3.51. The number of benzene rings is 3. The van der Waals surface area contributed by atoms with Gasteiger partial charge in [0.15, 0.2) is 0 Å². The first kappa shape index (κ1) is 19.8. The summed E-state index contributed by atoms with van der Waals surface area (Å²) in [5.41, 5.74) is 4.45. The van der Waals surface area contributed by atoms with Crippen LogP contribution in [-0.2, 0) is 16.1 Å². The van der Waals surface area contributed by atoms with E-state index in [4.69, 9.17) is 0 Å². The second-order valence-corrected chi connectivity index (χ2v) is 7.20. The van der Waals surface area contributed by atoms with E-state index in [2.05, 4.69) is 10.6 Å². The largest absolute Gasteiger partial charge is 0.394 e. The van der Waals surface area contributed by atoms with Gasteiger partial charge in [0.25, 0.3) is 0 Å². The van der Waals surface area contributed by atoms with Gasteiger partial charge in [0.1, 0.15) is 11.9 Å². The van der Waals surface area contributed by atoms with E-state index in [-0.39, 0.29) is 18.3 Å². The van der Waals surface area contributed by atoms with Crippen LogP contribution in [0.2, 0.25) is 0 Å². The molecule has 4 rings (SSSR count). The van der Waals surface area contributed by atoms with Crippen molar-refractivity contribution in [2.24, 2.45) is 0 Å². The number of hydrogen-bond donors (Lipinski definition) is 3. The predicted molar refractivity (Wildman–Crippen MR) is 111 cm³/mol. The minimum atomic E-state index is -1.09. The van der Waals surface area contributed by atoms with Crippen LogP contribution >= 0.6 is 0 Å². The maximum atomic E-state index is 13.1. The van der Waals surface area contributed by atoms with Gasteiger partial charge < -0.3 is 15.7 Å². The van der Waals surface area contributed by atoms with Gasteiger partial charge in [-0.05, 0) is 39.9 Å². The van der Waals surface area contributed by atoms with Crippen LogP contribution in [0.15, 0.2) is 72.8 Å². The fraction of sp³-hybridized carbons (Fsp3) is 0.167. The molecule has 0 bridgehead atoms. The summed E-state index contributed by atoms with van der Waals surface area (Å²) < 4.78 is 13.0. The minimum absolute atomic E-state index is 0.167. The fourth-order valence-corrected chi connectivity index (χ4v) is 3.80. The summed E-state index contributed by atoms with van der Waals surface area (Å²) in [6.45, 7) is -0.364. The van der Waals surface area contributed by atoms with Crippen molar-refractivity contribution in [1.29, 1.82) is 0 Å². The molecular weight excluding hydrogens is 383 g/mol. The summed E-state index contributed by atoms with van der Waals surface area (Å²) in [5.74, 6) is -1.75. The van der Waals surface area contributed by atoms with Gasteiger partial charge in [-0.3, -0.25) is 9.59 Å². The Kier molecular flexibility index (Phi) is 5.59. The Balaban J connectivity index is 1.48. The molecule has 0 radical (unpaired) electrons. The van der Waals surface area contributed by atoms with Gasteiger partial charge in [-0.2, -0.15) is 0 Å². The van der Waals surface area contributed by atoms with Crippen LogP contribution in [0.5, 0.6) is 0 Å². The Morgan fingerprint density at radius 1 is 0.900 bits per heavy atom. The average molecular weight is 404 g/mol. The number of fused-ring (bicyclic) bond motifs is 3. The minimum Gasteiger partial charge on any atom is -0.394 e. The molecule has 3 aromatic rings. The standard InChI is InChI=1S/C24H21FN2O3/c25-16-11-9-15(10-12-16)13-26-23(29)21(14-28)27-24(30)22-19-7-3-1-5-17(19)18-6-2-4-8-20(18)22/h1-12,21-22,28H,13-14H2,(H,26,29)(H,27,30)/t21-/m0/s1. The third-order valence-electron chi connectivity index (χ3n) is 5.29. The van der Waals surface area contributed by atoms with Gasteiger partial charge in [0.05, 0.1) is 12.5 Å². The smallest absolute Gasteiger partial charge is 0.245 e. The number of nitrogens with one attached hydrogen (secondary N) is 2. The zero-order valence-corrected chi connectivity index (χ0v) is 16.1. The molecule has 2 amide bonds. The van der Waals surface area contributed by atoms with Gasteiger partial charge in [-0.25, -0.2) is 4.39 Å². The number of halogens is 1. The van der Waals surface area contributed by atoms with Gasteiger partial charge >= 0.3 is 0 Å². The molecule has 3 aromatic carbocycles. The molecule has 0 saturated heterocycles. The molecule has 0 saturated carbocycles. The highest BCUT2D eigenvalue weighted by Crippen LogP contribution is 2.44. The van der Waals surface area contributed by atoms with Gasteiger partial charge in [-0.1, -0.05) is 60.7 Å². The number of carbonyl (C=O) groups is 2. The van der Waals surface area contributed by atoms with E-state index >= 15 is 0 Å². The zero-order valence-electron chi connectivity index (χ0n) is 16.1. The van der Waals surface area contributed by atoms with Crippen LogP contribution in [-0.4, -0.2) is 29.6 Å². The third kappa shape index (κ3) is 3.82. The highest BCUT2D eigenvalue weighted by atomic mass is 19.1. The Bertz CT molecular complexity index is 1040. The SMILES string of the molecule is O=C(N[C@@H](CO)C(=O)NCc1ccc(F)cc1)C1c2ccccc2-c2ccccc21. The lowest BCUT2D eigenvalue weighted by Gasteiger charge is -2.20. The molecule has 3 N–H and O–H groups in total. The van der Waals surface area contributed by atoms with E-state index < -0.39 is 24.5 Å². The van der Waals surface area contributed by atoms with Crippen molar-refractivity contribution >= 4 is 11.8 Å². The van der Waals surface area contributed by atoms with E-state index in [0.29, 0.717) is 5.56 Å². The van der Waals surface area contributed by atoms with Crippen molar-refractivity contribution in [3.05, 3.63) is 95.3 Å². The number of amides is 2. The second kappa shape index (κ2) is 8.47. The molecule has 0 aliphatic heterocycles. The molecule has 0 fully saturated rings. The quantitative estimate of drug-likeness (QED) is 0.591. The number of aliphatic hydroxyl groups excluding tert-OH is 1. The van der Waals surface area contributed by atoms with Crippen molar-refractivity contribution in [2.45, 2.75) is 18.5 Å². The van der Waals surface area contributed by atoms with Crippen LogP contribution in [0.25, 0.3) is 11.1 Å². The molecule has 1 atom stereocenters. The van der Waals surface area contributed by atoms with Crippen LogP contribution in [0.4, 0.5) is 4.39 Å². The topological polar surface area (TPSA) is 78.4 Å². The summed E-state index contributed by atoms with van der Waals surface area (Å²) in [7, 11) is 0. The molecular formula is C24H21FN2O3. The number of carbonyl (C=O) groups excluding carboxylic acids is 2. The number of aliphatic hydroxyl groups is 1. The first-order valence-corrected chi connectivity index (χ1v) is 9.70. The van der Waals surface area contributed by atoms with Crippen molar-refractivity contribution in [3.8, 4) is 11.1 Å². The fourth-order valence-electron chi connectivity index (χ4n) is 3.80. The first-order valence-electron chi connectivity index (χ1n) is 9.70. The molecule has 0 spiro atoms. The summed E-state index contributed by atoms with van der Waals surface area (Å²) in [6, 6.07) is 20.0. The van der Waals surface area contributed by atoms with Crippen molar-refractivity contribution in [1.82, 2.24) is 10.6 Å². The lowest BCUT2D eigenvalue weighted by Crippen LogP contribution is -2.49. The average Bonchev–Trinajstić information content (AvgIpc) is 3.11. The monoisotopic (exact) mass is 404 g/mol. The second-order valence-electron chi connectivity index (χ2n) is 7.20. The van der Waals surface area contributed by atoms with E-state index in [9.17, 15) is 19.1 Å². The highest BCUT2D eigenvalue weighted by molar-refractivity contribution is 5.98. The van der Waals surface area contributed by atoms with E-state index in [0.717, 1.165) is 22.3 Å². The van der Waals surface area contributed by atoms with Crippen molar-refractivity contribution in [3.63, 3.8) is 0 Å². The number of hydrogen-bond acceptors (Lipinski definition) is 3. The summed E-state index contributed by atoms with van der Waals surface area (Å²) in [5, 5.41) is 15.0. The maximum absolute atomic E-state index is 13.1. The van der Waals surface area contributed by atoms with E-state index in [1.165, 1.54) is 12.1 Å². The molecule has 1 aliphatic carbocycles. The summed E-state index contributed by atoms with van der Waals surface area (Å²) in [4.78, 5) is 25.6. The maximum Gasteiger partial charge on any atom is 0.245 e. The van der Waals surface area contributed by atoms with Crippen LogP contribution < -0.4 is 10.6 Å². The van der Waals surface area contributed by atoms with Crippen LogP contribution in [0, 0.1) is 5.82 Å². The summed E-state index contributed by atoms with van der Waals surface area (Å²) >= 11 is 0. The predicted octanol–water partition coefficient (Wildman–Crippen LogP) is 2.73. The summed E-state index contributed by atoms with van der Waals surface area (Å²) in [6.07, 6.45) is 0. The van der Waals surface area contributed by atoms with Crippen LogP contribution in [0.3, 0.4) is 0 Å². The van der Waals surface area contributed by atoms with Crippen LogP contribution in [0.1, 0.15) is 22.6 Å². The van der Waals surface area contributed by atoms with E-state index in [1.54, 1.807) is 12.1 Å². The first-order chi connectivity index (χ1) is 14.6. The van der Waals surface area contributed by atoms with Gasteiger partial charge in [0.2, 0.25) is 11.8 Å². The Labute approximate surface area is 173 Å². The lowest BCUT2D eigenvalue weighted by molar-refractivity contribution is -0.130. The third-order valence-corrected chi connectivity index (χ3v) is 5.29. The molecule has 1 aliphatic rings. The van der Waals surface area contributed by atoms with Crippen molar-refractivity contribution < 1.29 is 19.1 Å². The Morgan fingerprint density at radius 2 is 1.47 bits per heavy atom. The molecule has 30 heavy (non-hydrogen) atoms. The van der Waals surface area contributed by atoms with Crippen molar-refractivity contribution in [2.75, 3.05) is 6.61 Å². The zero-order chi connectivity index (χ0) is 21.1. The number of rotatable bonds is 6. The van der Waals surface area contributed by atoms with E-state index in [1.807, 2.05) is 48.5 Å². The molecule has 152 valence electrons. The van der Waals surface area contributed by atoms with Gasteiger partial charge in [-0.15, -0.1) is 0 Å². The molecule has 0 heterocycles. The molecule has 0 unspecified atom stereocenters.